The van der Waals surface area contributed by atoms with Gasteiger partial charge in [-0.2, -0.15) is 8.61 Å². The van der Waals surface area contributed by atoms with E-state index in [0.29, 0.717) is 0 Å². The molecule has 1 aliphatic rings. The van der Waals surface area contributed by atoms with Crippen LogP contribution in [0.4, 0.5) is 0 Å². The highest BCUT2D eigenvalue weighted by molar-refractivity contribution is 7.89. The second-order valence-electron chi connectivity index (χ2n) is 5.93. The molecule has 0 saturated carbocycles. The van der Waals surface area contributed by atoms with Gasteiger partial charge in [-0.3, -0.25) is 0 Å². The van der Waals surface area contributed by atoms with E-state index in [1.807, 2.05) is 6.92 Å². The minimum Gasteiger partial charge on any atom is -0.207 e. The summed E-state index contributed by atoms with van der Waals surface area (Å²) >= 11 is 0. The minimum absolute atomic E-state index is 0.141. The number of benzene rings is 2. The lowest BCUT2D eigenvalue weighted by molar-refractivity contribution is 0.273. The third-order valence-electron chi connectivity index (χ3n) is 4.24. The van der Waals surface area contributed by atoms with E-state index >= 15 is 0 Å². The number of nitrogens with zero attached hydrogens (tertiary/aromatic N) is 2. The lowest BCUT2D eigenvalue weighted by Crippen LogP contribution is -2.50. The van der Waals surface area contributed by atoms with E-state index in [-0.39, 0.29) is 36.0 Å². The van der Waals surface area contributed by atoms with E-state index in [1.165, 1.54) is 8.61 Å². The molecule has 0 N–H and O–H groups in total. The van der Waals surface area contributed by atoms with Crippen molar-refractivity contribution in [1.29, 1.82) is 0 Å². The Morgan fingerprint density at radius 1 is 0.640 bits per heavy atom. The van der Waals surface area contributed by atoms with Crippen LogP contribution in [0.3, 0.4) is 0 Å². The normalized spacial score (nSPS) is 17.5. The zero-order chi connectivity index (χ0) is 18.1. The molecule has 6 nitrogen and oxygen atoms in total. The molecule has 0 aliphatic carbocycles. The first-order chi connectivity index (χ1) is 11.8. The van der Waals surface area contributed by atoms with E-state index in [4.69, 9.17) is 0 Å². The van der Waals surface area contributed by atoms with Crippen LogP contribution in [0, 0.1) is 6.92 Å². The topological polar surface area (TPSA) is 74.8 Å². The zero-order valence-corrected chi connectivity index (χ0v) is 15.5. The molecule has 0 aromatic heterocycles. The average molecular weight is 380 g/mol. The maximum Gasteiger partial charge on any atom is 0.243 e. The molecule has 0 radical (unpaired) electrons. The van der Waals surface area contributed by atoms with Crippen LogP contribution in [0.25, 0.3) is 0 Å². The predicted molar refractivity (Wildman–Crippen MR) is 95.1 cm³/mol. The SMILES string of the molecule is Cc1ccc(S(=O)(=O)N2CCN(S(=O)(=O)c3ccccc3)CC2)cc1. The molecule has 1 fully saturated rings. The molecular formula is C17H20N2O4S2. The fraction of sp³-hybridized carbons (Fsp3) is 0.294. The fourth-order valence-electron chi connectivity index (χ4n) is 2.75. The van der Waals surface area contributed by atoms with Gasteiger partial charge in [0.05, 0.1) is 9.79 Å². The summed E-state index contributed by atoms with van der Waals surface area (Å²) < 4.78 is 53.3. The monoisotopic (exact) mass is 380 g/mol. The molecule has 1 saturated heterocycles. The van der Waals surface area contributed by atoms with Gasteiger partial charge in [0.1, 0.15) is 0 Å². The smallest absolute Gasteiger partial charge is 0.207 e. The Labute approximate surface area is 148 Å². The maximum absolute atomic E-state index is 12.7. The second-order valence-corrected chi connectivity index (χ2v) is 9.81. The third kappa shape index (κ3) is 3.62. The molecule has 8 heteroatoms. The summed E-state index contributed by atoms with van der Waals surface area (Å²) in [6, 6.07) is 14.9. The van der Waals surface area contributed by atoms with Crippen LogP contribution < -0.4 is 0 Å². The highest BCUT2D eigenvalue weighted by Gasteiger charge is 2.33. The Morgan fingerprint density at radius 2 is 1.04 bits per heavy atom. The quantitative estimate of drug-likeness (QED) is 0.809. The van der Waals surface area contributed by atoms with E-state index in [1.54, 1.807) is 54.6 Å². The molecule has 2 aromatic carbocycles. The first kappa shape index (κ1) is 18.1. The van der Waals surface area contributed by atoms with Crippen molar-refractivity contribution in [2.45, 2.75) is 16.7 Å². The molecule has 0 amide bonds. The molecule has 3 rings (SSSR count). The number of rotatable bonds is 4. The average Bonchev–Trinajstić information content (AvgIpc) is 2.63. The van der Waals surface area contributed by atoms with Crippen LogP contribution in [0.15, 0.2) is 64.4 Å². The number of aryl methyl sites for hydroxylation is 1. The van der Waals surface area contributed by atoms with Gasteiger partial charge in [-0.25, -0.2) is 16.8 Å². The first-order valence-corrected chi connectivity index (χ1v) is 10.8. The molecule has 134 valence electrons. The Bertz CT molecular complexity index is 932. The molecule has 1 heterocycles. The number of piperazine rings is 1. The molecule has 25 heavy (non-hydrogen) atoms. The van der Waals surface area contributed by atoms with Crippen molar-refractivity contribution in [3.05, 3.63) is 60.2 Å². The van der Waals surface area contributed by atoms with Gasteiger partial charge in [0.2, 0.25) is 20.0 Å². The van der Waals surface area contributed by atoms with Crippen molar-refractivity contribution in [3.63, 3.8) is 0 Å². The van der Waals surface area contributed by atoms with Crippen molar-refractivity contribution >= 4 is 20.0 Å². The summed E-state index contributed by atoms with van der Waals surface area (Å²) in [4.78, 5) is 0.460. The molecule has 0 atom stereocenters. The van der Waals surface area contributed by atoms with Crippen LogP contribution >= 0.6 is 0 Å². The molecular weight excluding hydrogens is 360 g/mol. The number of hydrogen-bond donors (Lipinski definition) is 0. The lowest BCUT2D eigenvalue weighted by atomic mass is 10.2. The van der Waals surface area contributed by atoms with E-state index in [0.717, 1.165) is 5.56 Å². The highest BCUT2D eigenvalue weighted by Crippen LogP contribution is 2.21. The fourth-order valence-corrected chi connectivity index (χ4v) is 5.62. The molecule has 0 spiro atoms. The van der Waals surface area contributed by atoms with Gasteiger partial charge >= 0.3 is 0 Å². The summed E-state index contributed by atoms with van der Waals surface area (Å²) in [6.07, 6.45) is 0. The lowest BCUT2D eigenvalue weighted by Gasteiger charge is -2.33. The van der Waals surface area contributed by atoms with Crippen LogP contribution in [0.1, 0.15) is 5.56 Å². The Kier molecular flexibility index (Phi) is 4.97. The van der Waals surface area contributed by atoms with Crippen molar-refractivity contribution in [2.75, 3.05) is 26.2 Å². The molecule has 0 unspecified atom stereocenters. The van der Waals surface area contributed by atoms with Crippen molar-refractivity contribution in [1.82, 2.24) is 8.61 Å². The summed E-state index contributed by atoms with van der Waals surface area (Å²) in [5.41, 5.74) is 0.984. The van der Waals surface area contributed by atoms with Crippen LogP contribution in [0.2, 0.25) is 0 Å². The number of hydrogen-bond acceptors (Lipinski definition) is 4. The van der Waals surface area contributed by atoms with E-state index < -0.39 is 20.0 Å². The molecule has 2 aromatic rings. The van der Waals surface area contributed by atoms with E-state index in [2.05, 4.69) is 0 Å². The van der Waals surface area contributed by atoms with Gasteiger partial charge in [0, 0.05) is 26.2 Å². The van der Waals surface area contributed by atoms with Crippen LogP contribution in [-0.4, -0.2) is 51.6 Å². The van der Waals surface area contributed by atoms with Gasteiger partial charge in [-0.1, -0.05) is 35.9 Å². The third-order valence-corrected chi connectivity index (χ3v) is 8.06. The first-order valence-electron chi connectivity index (χ1n) is 7.94. The molecule has 1 aliphatic heterocycles. The largest absolute Gasteiger partial charge is 0.243 e. The second kappa shape index (κ2) is 6.87. The minimum atomic E-state index is -3.60. The van der Waals surface area contributed by atoms with Gasteiger partial charge in [0.15, 0.2) is 0 Å². The number of sulfonamides is 2. The summed E-state index contributed by atoms with van der Waals surface area (Å²) in [5, 5.41) is 0. The zero-order valence-electron chi connectivity index (χ0n) is 13.9. The Morgan fingerprint density at radius 3 is 1.48 bits per heavy atom. The molecule has 0 bridgehead atoms. The van der Waals surface area contributed by atoms with Gasteiger partial charge in [-0.15, -0.1) is 0 Å². The van der Waals surface area contributed by atoms with Crippen LogP contribution in [-0.2, 0) is 20.0 Å². The van der Waals surface area contributed by atoms with Crippen molar-refractivity contribution in [3.8, 4) is 0 Å². The summed E-state index contributed by atoms with van der Waals surface area (Å²) in [5.74, 6) is 0. The van der Waals surface area contributed by atoms with Gasteiger partial charge in [0.25, 0.3) is 0 Å². The van der Waals surface area contributed by atoms with E-state index in [9.17, 15) is 16.8 Å². The van der Waals surface area contributed by atoms with Gasteiger partial charge in [-0.05, 0) is 31.2 Å². The Hall–Kier alpha value is -1.74. The maximum atomic E-state index is 12.7. The standard InChI is InChI=1S/C17H20N2O4S2/c1-15-7-9-17(10-8-15)25(22,23)19-13-11-18(12-14-19)24(20,21)16-5-3-2-4-6-16/h2-10H,11-14H2,1H3. The van der Waals surface area contributed by atoms with Crippen molar-refractivity contribution < 1.29 is 16.8 Å². The predicted octanol–water partition coefficient (Wildman–Crippen LogP) is 1.69. The van der Waals surface area contributed by atoms with Crippen molar-refractivity contribution in [2.24, 2.45) is 0 Å². The summed E-state index contributed by atoms with van der Waals surface area (Å²) in [6.45, 7) is 2.46. The summed E-state index contributed by atoms with van der Waals surface area (Å²) in [7, 11) is -7.19. The van der Waals surface area contributed by atoms with Gasteiger partial charge < -0.3 is 0 Å². The van der Waals surface area contributed by atoms with Crippen LogP contribution in [0.5, 0.6) is 0 Å². The Balaban J connectivity index is 1.75. The highest BCUT2D eigenvalue weighted by atomic mass is 32.2.